The van der Waals surface area contributed by atoms with Gasteiger partial charge >= 0.3 is 47.8 Å². The molecule has 0 saturated carbocycles. The van der Waals surface area contributed by atoms with Gasteiger partial charge in [-0.2, -0.15) is 0 Å². The van der Waals surface area contributed by atoms with Crippen LogP contribution in [0.25, 0.3) is 0 Å². The molecule has 6 heavy (non-hydrogen) atoms. The molecule has 0 aliphatic carbocycles. The van der Waals surface area contributed by atoms with Gasteiger partial charge in [0.25, 0.3) is 0 Å². The molecular weight excluding hydrogens is 213 g/mol. The third kappa shape index (κ3) is 4.68. The van der Waals surface area contributed by atoms with Crippen LogP contribution < -0.4 is 0 Å². The van der Waals surface area contributed by atoms with Crippen LogP contribution >= 0.6 is 28.2 Å². The molecule has 0 unspecified atom stereocenters. The minimum absolute atomic E-state index is 0.465. The van der Waals surface area contributed by atoms with Gasteiger partial charge in [0.1, 0.15) is 0 Å². The van der Waals surface area contributed by atoms with E-state index in [2.05, 4.69) is 15.0 Å². The van der Waals surface area contributed by atoms with Crippen molar-refractivity contribution in [2.24, 2.45) is 5.18 Å². The van der Waals surface area contributed by atoms with Crippen molar-refractivity contribution >= 4 is 28.2 Å². The number of rotatable bonds is 2. The first-order valence-electron chi connectivity index (χ1n) is 1.31. The molecule has 0 aromatic carbocycles. The van der Waals surface area contributed by atoms with Crippen LogP contribution in [0.4, 0.5) is 0 Å². The normalized spacial score (nSPS) is 10.7. The maximum absolute atomic E-state index is 9.36. The molecule has 0 bridgehead atoms. The van der Waals surface area contributed by atoms with E-state index in [0.29, 0.717) is 4.55 Å². The molecule has 0 heterocycles. The Balaban J connectivity index is 2.81. The van der Waals surface area contributed by atoms with Gasteiger partial charge < -0.3 is 0 Å². The van der Waals surface area contributed by atoms with Crippen molar-refractivity contribution in [2.75, 3.05) is 9.48 Å². The van der Waals surface area contributed by atoms with Gasteiger partial charge in [0.05, 0.1) is 0 Å². The van der Waals surface area contributed by atoms with Crippen LogP contribution in [-0.2, 0) is 0 Å². The summed E-state index contributed by atoms with van der Waals surface area (Å²) in [6.45, 7) is 0. The van der Waals surface area contributed by atoms with E-state index in [-0.39, 0.29) is 0 Å². The zero-order valence-corrected chi connectivity index (χ0v) is 6.44. The minimum atomic E-state index is -1.09. The summed E-state index contributed by atoms with van der Waals surface area (Å²) in [5.74, 6) is 0. The first-order valence-corrected chi connectivity index (χ1v) is 8.23. The van der Waals surface area contributed by atoms with Gasteiger partial charge in [-0.15, -0.1) is 0 Å². The molecule has 0 aliphatic rings. The third-order valence-corrected chi connectivity index (χ3v) is 2.20. The second-order valence-corrected chi connectivity index (χ2v) is 8.53. The van der Waals surface area contributed by atoms with Crippen LogP contribution in [0.15, 0.2) is 5.18 Å². The summed E-state index contributed by atoms with van der Waals surface area (Å²) in [6, 6.07) is 0. The molecule has 2 nitrogen and oxygen atoms in total. The number of alkyl halides is 2. The molecular formula is C2H6INOS. The molecule has 0 spiro atoms. The Kier molecular flexibility index (Phi) is 4.29. The molecule has 0 aliphatic heterocycles. The van der Waals surface area contributed by atoms with Gasteiger partial charge in [-0.1, -0.05) is 0 Å². The van der Waals surface area contributed by atoms with Crippen LogP contribution in [0, 0.1) is 4.91 Å². The van der Waals surface area contributed by atoms with Crippen LogP contribution in [0.2, 0.25) is 0 Å². The van der Waals surface area contributed by atoms with Crippen molar-refractivity contribution in [3.05, 3.63) is 4.91 Å². The molecule has 0 aromatic rings. The molecule has 0 atom stereocenters. The third-order valence-electron chi connectivity index (χ3n) is 0.222. The molecule has 0 N–H and O–H groups in total. The average molecular weight is 219 g/mol. The Morgan fingerprint density at radius 2 is 2.50 bits per heavy atom. The van der Waals surface area contributed by atoms with Crippen molar-refractivity contribution in [1.82, 2.24) is 0 Å². The van der Waals surface area contributed by atoms with Gasteiger partial charge in [-0.3, -0.25) is 0 Å². The first-order chi connectivity index (χ1) is 2.77. The van der Waals surface area contributed by atoms with Gasteiger partial charge in [-0.25, -0.2) is 0 Å². The molecule has 0 rings (SSSR count). The quantitative estimate of drug-likeness (QED) is 0.247. The van der Waals surface area contributed by atoms with Crippen LogP contribution in [0.5, 0.6) is 0 Å². The molecule has 0 aromatic heterocycles. The molecule has 0 amide bonds. The standard InChI is InChI=1S/C2H6INOS/c1-3(6)2-4-5/h6H,2H2,1H3. The predicted molar refractivity (Wildman–Crippen MR) is 39.6 cm³/mol. The summed E-state index contributed by atoms with van der Waals surface area (Å²) in [5.41, 5.74) is 0. The zero-order valence-electron chi connectivity index (χ0n) is 3.39. The summed E-state index contributed by atoms with van der Waals surface area (Å²) in [5, 5.41) is 2.68. The number of halogens is 1. The fourth-order valence-electron chi connectivity index (χ4n) is 0.0706. The average Bonchev–Trinajstić information content (AvgIpc) is 1.35. The van der Waals surface area contributed by atoms with E-state index in [1.165, 1.54) is 0 Å². The van der Waals surface area contributed by atoms with Crippen molar-refractivity contribution in [3.8, 4) is 0 Å². The fourth-order valence-corrected chi connectivity index (χ4v) is 0.766. The number of hydrogen-bond acceptors (Lipinski definition) is 3. The van der Waals surface area contributed by atoms with Crippen LogP contribution in [0.1, 0.15) is 0 Å². The van der Waals surface area contributed by atoms with Crippen molar-refractivity contribution < 1.29 is 0 Å². The monoisotopic (exact) mass is 219 g/mol. The topological polar surface area (TPSA) is 29.4 Å². The molecule has 4 heteroatoms. The molecule has 0 saturated heterocycles. The van der Waals surface area contributed by atoms with E-state index in [4.69, 9.17) is 0 Å². The Labute approximate surface area is 47.9 Å². The summed E-state index contributed by atoms with van der Waals surface area (Å²) in [4.78, 5) is 11.3. The van der Waals surface area contributed by atoms with Gasteiger partial charge in [0.2, 0.25) is 0 Å². The second-order valence-electron chi connectivity index (χ2n) is 0.804. The van der Waals surface area contributed by atoms with Gasteiger partial charge in [0, 0.05) is 0 Å². The fraction of sp³-hybridized carbons (Fsp3) is 1.00. The van der Waals surface area contributed by atoms with E-state index in [0.717, 1.165) is 0 Å². The number of nitroso groups, excluding NO2 is 1. The number of hydrogen-bond donors (Lipinski definition) is 1. The zero-order chi connectivity index (χ0) is 4.99. The van der Waals surface area contributed by atoms with Gasteiger partial charge in [0.15, 0.2) is 0 Å². The Morgan fingerprint density at radius 3 is 2.50 bits per heavy atom. The summed E-state index contributed by atoms with van der Waals surface area (Å²) in [6.07, 6.45) is 0. The van der Waals surface area contributed by atoms with Crippen molar-refractivity contribution in [2.45, 2.75) is 0 Å². The predicted octanol–water partition coefficient (Wildman–Crippen LogP) is 1.69. The summed E-state index contributed by atoms with van der Waals surface area (Å²) < 4.78 is 0.465. The van der Waals surface area contributed by atoms with Gasteiger partial charge in [-0.05, 0) is 0 Å². The van der Waals surface area contributed by atoms with E-state index in [1.54, 1.807) is 0 Å². The SMILES string of the molecule is CI(S)CN=O. The van der Waals surface area contributed by atoms with Crippen molar-refractivity contribution in [3.63, 3.8) is 0 Å². The van der Waals surface area contributed by atoms with E-state index >= 15 is 0 Å². The van der Waals surface area contributed by atoms with E-state index in [1.807, 2.05) is 4.93 Å². The number of nitrogens with zero attached hydrogens (tertiary/aromatic N) is 1. The van der Waals surface area contributed by atoms with E-state index in [9.17, 15) is 4.91 Å². The summed E-state index contributed by atoms with van der Waals surface area (Å²) in [7, 11) is 4.04. The number of thiol groups is 1. The van der Waals surface area contributed by atoms with Crippen molar-refractivity contribution in [1.29, 1.82) is 0 Å². The Hall–Kier alpha value is 0.680. The van der Waals surface area contributed by atoms with Crippen LogP contribution in [0.3, 0.4) is 0 Å². The Bertz CT molecular complexity index is 48.8. The molecule has 0 fully saturated rings. The van der Waals surface area contributed by atoms with Crippen LogP contribution in [-0.4, -0.2) is 9.48 Å². The Morgan fingerprint density at radius 1 is 2.00 bits per heavy atom. The van der Waals surface area contributed by atoms with E-state index < -0.39 is 18.4 Å². The molecule has 0 radical (unpaired) electrons. The second kappa shape index (κ2) is 3.86. The maximum atomic E-state index is 9.36. The summed E-state index contributed by atoms with van der Waals surface area (Å²) >= 11 is -1.09. The molecule has 38 valence electrons. The first kappa shape index (κ1) is 6.68.